The molecule has 0 radical (unpaired) electrons. The van der Waals surface area contributed by atoms with E-state index in [-0.39, 0.29) is 24.1 Å². The van der Waals surface area contributed by atoms with Gasteiger partial charge in [-0.2, -0.15) is 0 Å². The van der Waals surface area contributed by atoms with Gasteiger partial charge in [0.15, 0.2) is 11.5 Å². The molecule has 0 fully saturated rings. The van der Waals surface area contributed by atoms with Gasteiger partial charge in [-0.15, -0.1) is 0 Å². The maximum absolute atomic E-state index is 13.3. The Morgan fingerprint density at radius 1 is 1.14 bits per heavy atom. The van der Waals surface area contributed by atoms with E-state index in [0.29, 0.717) is 41.5 Å². The summed E-state index contributed by atoms with van der Waals surface area (Å²) in [7, 11) is 0. The average molecular weight is 382 g/mol. The van der Waals surface area contributed by atoms with E-state index in [1.54, 1.807) is 18.2 Å². The molecule has 2 heterocycles. The lowest BCUT2D eigenvalue weighted by atomic mass is 9.86. The van der Waals surface area contributed by atoms with Gasteiger partial charge in [-0.05, 0) is 36.2 Å². The third-order valence-electron chi connectivity index (χ3n) is 4.83. The van der Waals surface area contributed by atoms with Crippen LogP contribution in [0.3, 0.4) is 0 Å². The molecule has 0 saturated carbocycles. The largest absolute Gasteiger partial charge is 0.486 e. The summed E-state index contributed by atoms with van der Waals surface area (Å²) in [6, 6.07) is 9.38. The van der Waals surface area contributed by atoms with Gasteiger partial charge in [0.05, 0.1) is 0 Å². The molecular weight excluding hydrogens is 363 g/mol. The minimum atomic E-state index is -0.452. The molecule has 2 aliphatic rings. The molecule has 144 valence electrons. The quantitative estimate of drug-likeness (QED) is 0.856. The monoisotopic (exact) mass is 382 g/mol. The fraction of sp³-hybridized carbons (Fsp3) is 0.238. The number of fused-ring (bicyclic) bond motifs is 1. The second-order valence-electron chi connectivity index (χ2n) is 6.74. The summed E-state index contributed by atoms with van der Waals surface area (Å²) in [4.78, 5) is 24.8. The first-order chi connectivity index (χ1) is 13.5. The van der Waals surface area contributed by atoms with E-state index in [0.717, 1.165) is 5.56 Å². The molecule has 7 heteroatoms. The van der Waals surface area contributed by atoms with Crippen LogP contribution in [0.4, 0.5) is 10.1 Å². The second kappa shape index (κ2) is 7.34. The number of ether oxygens (including phenoxy) is 2. The fourth-order valence-electron chi connectivity index (χ4n) is 3.35. The van der Waals surface area contributed by atoms with Crippen molar-refractivity contribution in [2.24, 2.45) is 0 Å². The molecule has 4 rings (SSSR count). The normalized spacial score (nSPS) is 18.1. The van der Waals surface area contributed by atoms with Crippen LogP contribution in [-0.2, 0) is 9.59 Å². The van der Waals surface area contributed by atoms with Gasteiger partial charge >= 0.3 is 0 Å². The molecule has 0 spiro atoms. The molecular formula is C21H19FN2O4. The van der Waals surface area contributed by atoms with Gasteiger partial charge < -0.3 is 20.1 Å². The zero-order valence-corrected chi connectivity index (χ0v) is 15.3. The number of anilines is 1. The van der Waals surface area contributed by atoms with Crippen LogP contribution in [0.15, 0.2) is 48.2 Å². The third-order valence-corrected chi connectivity index (χ3v) is 4.83. The maximum atomic E-state index is 13.3. The van der Waals surface area contributed by atoms with Crippen molar-refractivity contribution in [3.05, 3.63) is 65.1 Å². The molecule has 1 atom stereocenters. The topological polar surface area (TPSA) is 76.7 Å². The first-order valence-corrected chi connectivity index (χ1v) is 8.98. The highest BCUT2D eigenvalue weighted by Crippen LogP contribution is 2.36. The van der Waals surface area contributed by atoms with Gasteiger partial charge in [-0.1, -0.05) is 12.1 Å². The SMILES string of the molecule is Cc1cc2c(cc1NC(=O)C1=CNC(=O)CC1c1ccc(F)cc1)OCCO2. The van der Waals surface area contributed by atoms with Crippen LogP contribution in [0, 0.1) is 12.7 Å². The van der Waals surface area contributed by atoms with E-state index >= 15 is 0 Å². The van der Waals surface area contributed by atoms with E-state index in [1.165, 1.54) is 18.3 Å². The van der Waals surface area contributed by atoms with Crippen LogP contribution >= 0.6 is 0 Å². The second-order valence-corrected chi connectivity index (χ2v) is 6.74. The smallest absolute Gasteiger partial charge is 0.253 e. The van der Waals surface area contributed by atoms with Crippen molar-refractivity contribution in [3.63, 3.8) is 0 Å². The Bertz CT molecular complexity index is 969. The first-order valence-electron chi connectivity index (χ1n) is 8.98. The van der Waals surface area contributed by atoms with E-state index in [9.17, 15) is 14.0 Å². The maximum Gasteiger partial charge on any atom is 0.253 e. The van der Waals surface area contributed by atoms with Crippen molar-refractivity contribution in [3.8, 4) is 11.5 Å². The molecule has 0 aliphatic carbocycles. The Kier molecular flexibility index (Phi) is 4.73. The Morgan fingerprint density at radius 2 is 1.82 bits per heavy atom. The lowest BCUT2D eigenvalue weighted by Gasteiger charge is -2.25. The average Bonchev–Trinajstić information content (AvgIpc) is 2.69. The van der Waals surface area contributed by atoms with Crippen LogP contribution in [0.2, 0.25) is 0 Å². The van der Waals surface area contributed by atoms with Crippen molar-refractivity contribution in [1.82, 2.24) is 5.32 Å². The molecule has 2 aromatic rings. The van der Waals surface area contributed by atoms with Crippen LogP contribution in [0.5, 0.6) is 11.5 Å². The number of halogens is 1. The van der Waals surface area contributed by atoms with Gasteiger partial charge in [-0.25, -0.2) is 4.39 Å². The number of aryl methyl sites for hydroxylation is 1. The molecule has 1 unspecified atom stereocenters. The summed E-state index contributed by atoms with van der Waals surface area (Å²) in [5, 5.41) is 5.48. The van der Waals surface area contributed by atoms with Crippen molar-refractivity contribution < 1.29 is 23.5 Å². The van der Waals surface area contributed by atoms with Gasteiger partial charge in [0, 0.05) is 35.9 Å². The van der Waals surface area contributed by atoms with Gasteiger partial charge in [-0.3, -0.25) is 9.59 Å². The minimum absolute atomic E-state index is 0.116. The number of rotatable bonds is 3. The fourth-order valence-corrected chi connectivity index (χ4v) is 3.35. The van der Waals surface area contributed by atoms with Crippen molar-refractivity contribution in [1.29, 1.82) is 0 Å². The predicted octanol–water partition coefficient (Wildman–Crippen LogP) is 3.03. The molecule has 6 nitrogen and oxygen atoms in total. The summed E-state index contributed by atoms with van der Waals surface area (Å²) >= 11 is 0. The lowest BCUT2D eigenvalue weighted by Crippen LogP contribution is -2.32. The minimum Gasteiger partial charge on any atom is -0.486 e. The summed E-state index contributed by atoms with van der Waals surface area (Å²) in [6.07, 6.45) is 1.54. The van der Waals surface area contributed by atoms with Crippen LogP contribution in [0.1, 0.15) is 23.5 Å². The van der Waals surface area contributed by atoms with Crippen LogP contribution in [0.25, 0.3) is 0 Å². The number of hydrogen-bond donors (Lipinski definition) is 2. The molecule has 0 saturated heterocycles. The molecule has 2 aromatic carbocycles. The molecule has 0 aromatic heterocycles. The highest BCUT2D eigenvalue weighted by atomic mass is 19.1. The van der Waals surface area contributed by atoms with Crippen molar-refractivity contribution in [2.45, 2.75) is 19.3 Å². The molecule has 28 heavy (non-hydrogen) atoms. The summed E-state index contributed by atoms with van der Waals surface area (Å²) in [6.45, 7) is 2.81. The van der Waals surface area contributed by atoms with Crippen LogP contribution in [-0.4, -0.2) is 25.0 Å². The number of carbonyl (C=O) groups excluding carboxylic acids is 2. The first kappa shape index (κ1) is 18.0. The van der Waals surface area contributed by atoms with Crippen molar-refractivity contribution in [2.75, 3.05) is 18.5 Å². The zero-order chi connectivity index (χ0) is 19.7. The number of hydrogen-bond acceptors (Lipinski definition) is 4. The Morgan fingerprint density at radius 3 is 2.54 bits per heavy atom. The standard InChI is InChI=1S/C21H19FN2O4/c1-12-8-18-19(28-7-6-27-18)10-17(12)24-21(26)16-11-23-20(25)9-15(16)13-2-4-14(22)5-3-13/h2-5,8,10-11,15H,6-7,9H2,1H3,(H,23,25)(H,24,26). The van der Waals surface area contributed by atoms with Gasteiger partial charge in [0.25, 0.3) is 5.91 Å². The lowest BCUT2D eigenvalue weighted by molar-refractivity contribution is -0.121. The van der Waals surface area contributed by atoms with E-state index in [1.807, 2.05) is 13.0 Å². The summed E-state index contributed by atoms with van der Waals surface area (Å²) < 4.78 is 24.4. The number of benzene rings is 2. The zero-order valence-electron chi connectivity index (χ0n) is 15.3. The highest BCUT2D eigenvalue weighted by Gasteiger charge is 2.29. The molecule has 2 amide bonds. The molecule has 2 N–H and O–H groups in total. The highest BCUT2D eigenvalue weighted by molar-refractivity contribution is 6.06. The number of carbonyl (C=O) groups is 2. The summed E-state index contributed by atoms with van der Waals surface area (Å²) in [5.74, 6) is -0.128. The predicted molar refractivity (Wildman–Crippen MR) is 101 cm³/mol. The Labute approximate surface area is 161 Å². The summed E-state index contributed by atoms with van der Waals surface area (Å²) in [5.41, 5.74) is 2.54. The van der Waals surface area contributed by atoms with Crippen molar-refractivity contribution >= 4 is 17.5 Å². The van der Waals surface area contributed by atoms with Gasteiger partial charge in [0.1, 0.15) is 19.0 Å². The Hall–Kier alpha value is -3.35. The van der Waals surface area contributed by atoms with E-state index in [2.05, 4.69) is 10.6 Å². The van der Waals surface area contributed by atoms with E-state index in [4.69, 9.17) is 9.47 Å². The number of nitrogens with one attached hydrogen (secondary N) is 2. The molecule has 0 bridgehead atoms. The van der Waals surface area contributed by atoms with Gasteiger partial charge in [0.2, 0.25) is 5.91 Å². The molecule has 2 aliphatic heterocycles. The van der Waals surface area contributed by atoms with E-state index < -0.39 is 5.92 Å². The number of amides is 2. The van der Waals surface area contributed by atoms with Crippen LogP contribution < -0.4 is 20.1 Å². The Balaban J connectivity index is 1.61. The third kappa shape index (κ3) is 3.55.